The third kappa shape index (κ3) is 4.29. The number of amides is 1. The van der Waals surface area contributed by atoms with Gasteiger partial charge in [0.1, 0.15) is 12.2 Å². The summed E-state index contributed by atoms with van der Waals surface area (Å²) < 4.78 is 0. The molecule has 1 heterocycles. The van der Waals surface area contributed by atoms with Crippen molar-refractivity contribution in [3.63, 3.8) is 0 Å². The third-order valence-electron chi connectivity index (χ3n) is 4.31. The number of carbonyl (C=O) groups excluding carboxylic acids is 1. The molecule has 1 fully saturated rings. The number of rotatable bonds is 5. The summed E-state index contributed by atoms with van der Waals surface area (Å²) in [6.45, 7) is 4.51. The molecule has 0 spiro atoms. The minimum absolute atomic E-state index is 0.126. The molecule has 2 unspecified atom stereocenters. The van der Waals surface area contributed by atoms with Crippen LogP contribution in [0.15, 0.2) is 42.5 Å². The molecule has 1 aliphatic rings. The number of nitrogens with one attached hydrogen (secondary N) is 5. The molecule has 6 nitrogen and oxygen atoms in total. The number of hydrogen-bond acceptors (Lipinski definition) is 5. The number of carbonyl (C=O) groups is 1. The number of halogens is 1. The second-order valence-corrected chi connectivity index (χ2v) is 6.53. The van der Waals surface area contributed by atoms with E-state index in [2.05, 4.69) is 53.0 Å². The topological polar surface area (TPSA) is 77.2 Å². The summed E-state index contributed by atoms with van der Waals surface area (Å²) in [5, 5.41) is 6.88. The zero-order valence-corrected chi connectivity index (χ0v) is 14.9. The zero-order valence-electron chi connectivity index (χ0n) is 14.2. The van der Waals surface area contributed by atoms with Crippen LogP contribution in [0.25, 0.3) is 0 Å². The quantitative estimate of drug-likeness (QED) is 0.564. The highest BCUT2D eigenvalue weighted by Gasteiger charge is 2.32. The first-order valence-corrected chi connectivity index (χ1v) is 8.53. The molecule has 1 aliphatic heterocycles. The molecule has 1 amide bonds. The van der Waals surface area contributed by atoms with Gasteiger partial charge in [-0.15, -0.1) is 0 Å². The molecule has 1 saturated heterocycles. The summed E-state index contributed by atoms with van der Waals surface area (Å²) in [4.78, 5) is 12.5. The molecule has 0 radical (unpaired) electrons. The van der Waals surface area contributed by atoms with E-state index in [-0.39, 0.29) is 12.1 Å². The molecule has 7 heteroatoms. The van der Waals surface area contributed by atoms with Crippen LogP contribution in [0.3, 0.4) is 0 Å². The van der Waals surface area contributed by atoms with Crippen molar-refractivity contribution in [1.29, 1.82) is 0 Å². The lowest BCUT2D eigenvalue weighted by Crippen LogP contribution is -2.50. The summed E-state index contributed by atoms with van der Waals surface area (Å²) in [6.07, 6.45) is -0.284. The Morgan fingerprint density at radius 3 is 2.68 bits per heavy atom. The summed E-state index contributed by atoms with van der Waals surface area (Å²) >= 11 is 6.13. The second-order valence-electron chi connectivity index (χ2n) is 6.12. The van der Waals surface area contributed by atoms with Gasteiger partial charge in [-0.2, -0.15) is 5.53 Å². The predicted molar refractivity (Wildman–Crippen MR) is 99.8 cm³/mol. The van der Waals surface area contributed by atoms with Crippen molar-refractivity contribution in [2.24, 2.45) is 0 Å². The Hall–Kier alpha value is -2.12. The zero-order chi connectivity index (χ0) is 17.8. The lowest BCUT2D eigenvalue weighted by Gasteiger charge is -2.20. The molecular weight excluding hydrogens is 338 g/mol. The van der Waals surface area contributed by atoms with E-state index in [1.807, 2.05) is 30.3 Å². The van der Waals surface area contributed by atoms with Crippen LogP contribution in [-0.4, -0.2) is 18.1 Å². The van der Waals surface area contributed by atoms with Gasteiger partial charge in [0.05, 0.1) is 0 Å². The summed E-state index contributed by atoms with van der Waals surface area (Å²) in [6, 6.07) is 13.1. The Bertz CT molecular complexity index is 767. The summed E-state index contributed by atoms with van der Waals surface area (Å²) in [7, 11) is 0. The lowest BCUT2D eigenvalue weighted by molar-refractivity contribution is -0.123. The average molecular weight is 360 g/mol. The van der Waals surface area contributed by atoms with Crippen LogP contribution in [0, 0.1) is 13.8 Å². The van der Waals surface area contributed by atoms with E-state index in [4.69, 9.17) is 11.6 Å². The smallest absolute Gasteiger partial charge is 0.242 e. The fraction of sp³-hybridized carbons (Fsp3) is 0.278. The van der Waals surface area contributed by atoms with Crippen LogP contribution >= 0.6 is 11.6 Å². The van der Waals surface area contributed by atoms with E-state index in [9.17, 15) is 4.79 Å². The number of benzene rings is 2. The highest BCUT2D eigenvalue weighted by Crippen LogP contribution is 2.17. The highest BCUT2D eigenvalue weighted by molar-refractivity contribution is 6.31. The molecule has 0 saturated carbocycles. The van der Waals surface area contributed by atoms with Crippen LogP contribution in [0.1, 0.15) is 16.7 Å². The number of anilines is 1. The largest absolute Gasteiger partial charge is 0.367 e. The second kappa shape index (κ2) is 7.84. The molecule has 25 heavy (non-hydrogen) atoms. The molecule has 3 rings (SSSR count). The first kappa shape index (κ1) is 17.7. The van der Waals surface area contributed by atoms with Gasteiger partial charge in [-0.05, 0) is 48.7 Å². The highest BCUT2D eigenvalue weighted by atomic mass is 35.5. The van der Waals surface area contributed by atoms with Gasteiger partial charge in [-0.3, -0.25) is 4.79 Å². The lowest BCUT2D eigenvalue weighted by atomic mass is 10.1. The van der Waals surface area contributed by atoms with Gasteiger partial charge in [0.15, 0.2) is 0 Å². The minimum atomic E-state index is -0.468. The van der Waals surface area contributed by atoms with Crippen molar-refractivity contribution in [3.05, 3.63) is 64.2 Å². The Labute approximate surface area is 152 Å². The maximum absolute atomic E-state index is 12.5. The SMILES string of the molecule is Cc1ccc(NC2NNNC2C(=O)NCc2ccccc2Cl)cc1C. The maximum atomic E-state index is 12.5. The van der Waals surface area contributed by atoms with Gasteiger partial charge in [-0.25, -0.2) is 10.9 Å². The van der Waals surface area contributed by atoms with Crippen LogP contribution in [0.5, 0.6) is 0 Å². The molecule has 2 aromatic carbocycles. The van der Waals surface area contributed by atoms with Crippen LogP contribution < -0.4 is 27.0 Å². The Kier molecular flexibility index (Phi) is 5.55. The maximum Gasteiger partial charge on any atom is 0.242 e. The normalized spacial score (nSPS) is 19.6. The van der Waals surface area contributed by atoms with Crippen molar-refractivity contribution in [3.8, 4) is 0 Å². The van der Waals surface area contributed by atoms with Crippen molar-refractivity contribution in [1.82, 2.24) is 21.7 Å². The number of hydrazine groups is 2. The minimum Gasteiger partial charge on any atom is -0.367 e. The van der Waals surface area contributed by atoms with Gasteiger partial charge in [0.2, 0.25) is 5.91 Å². The first-order chi connectivity index (χ1) is 12.0. The van der Waals surface area contributed by atoms with Gasteiger partial charge in [0, 0.05) is 17.3 Å². The van der Waals surface area contributed by atoms with Crippen molar-refractivity contribution in [2.75, 3.05) is 5.32 Å². The molecule has 0 aliphatic carbocycles. The molecule has 0 bridgehead atoms. The predicted octanol–water partition coefficient (Wildman–Crippen LogP) is 1.99. The fourth-order valence-corrected chi connectivity index (χ4v) is 2.85. The monoisotopic (exact) mass is 359 g/mol. The number of hydrogen-bond donors (Lipinski definition) is 5. The van der Waals surface area contributed by atoms with Crippen molar-refractivity contribution >= 4 is 23.2 Å². The Morgan fingerprint density at radius 2 is 1.92 bits per heavy atom. The first-order valence-electron chi connectivity index (χ1n) is 8.15. The number of aryl methyl sites for hydroxylation is 2. The molecule has 0 aromatic heterocycles. The van der Waals surface area contributed by atoms with E-state index in [0.29, 0.717) is 11.6 Å². The fourth-order valence-electron chi connectivity index (χ4n) is 2.64. The molecule has 5 N–H and O–H groups in total. The van der Waals surface area contributed by atoms with Gasteiger partial charge >= 0.3 is 0 Å². The van der Waals surface area contributed by atoms with Crippen LogP contribution in [0.4, 0.5) is 5.69 Å². The van der Waals surface area contributed by atoms with E-state index in [0.717, 1.165) is 11.3 Å². The van der Waals surface area contributed by atoms with Crippen molar-refractivity contribution < 1.29 is 4.79 Å². The van der Waals surface area contributed by atoms with E-state index >= 15 is 0 Å². The average Bonchev–Trinajstić information content (AvgIpc) is 3.05. The Morgan fingerprint density at radius 1 is 1.12 bits per heavy atom. The molecular formula is C18H22ClN5O. The van der Waals surface area contributed by atoms with Gasteiger partial charge < -0.3 is 10.6 Å². The molecule has 132 valence electrons. The van der Waals surface area contributed by atoms with Crippen molar-refractivity contribution in [2.45, 2.75) is 32.6 Å². The summed E-state index contributed by atoms with van der Waals surface area (Å²) in [5.41, 5.74) is 13.0. The van der Waals surface area contributed by atoms with Gasteiger partial charge in [-0.1, -0.05) is 35.9 Å². The van der Waals surface area contributed by atoms with Gasteiger partial charge in [0.25, 0.3) is 0 Å². The standard InChI is InChI=1S/C18H22ClN5O/c1-11-7-8-14(9-12(11)2)21-17-16(22-24-23-17)18(25)20-10-13-5-3-4-6-15(13)19/h3-9,16-17,21-24H,10H2,1-2H3,(H,20,25). The molecule has 2 aromatic rings. The van der Waals surface area contributed by atoms with E-state index in [1.165, 1.54) is 11.1 Å². The third-order valence-corrected chi connectivity index (χ3v) is 4.68. The van der Waals surface area contributed by atoms with E-state index in [1.54, 1.807) is 0 Å². The van der Waals surface area contributed by atoms with Crippen LogP contribution in [-0.2, 0) is 11.3 Å². The van der Waals surface area contributed by atoms with E-state index < -0.39 is 6.04 Å². The Balaban J connectivity index is 1.61. The molecule has 2 atom stereocenters. The van der Waals surface area contributed by atoms with Crippen LogP contribution in [0.2, 0.25) is 5.02 Å². The summed E-state index contributed by atoms with van der Waals surface area (Å²) in [5.74, 6) is -0.126.